The molecule has 2 atom stereocenters. The first-order valence-electron chi connectivity index (χ1n) is 21.0. The Morgan fingerprint density at radius 3 is 1.48 bits per heavy atom. The molecule has 4 aromatic rings. The fourth-order valence-corrected chi connectivity index (χ4v) is 9.28. The summed E-state index contributed by atoms with van der Waals surface area (Å²) in [6, 6.07) is 3.70. The monoisotopic (exact) mass is 1390 g/mol. The number of carbonyl (C=O) groups is 3. The zero-order valence-corrected chi connectivity index (χ0v) is 57.1. The number of hydrogen-bond donors (Lipinski definition) is 3. The molecule has 6 rings (SSSR count). The van der Waals surface area contributed by atoms with E-state index in [2.05, 4.69) is 39.5 Å². The number of ether oxygens (including phenoxy) is 3. The Bertz CT molecular complexity index is 3090. The van der Waals surface area contributed by atoms with Crippen molar-refractivity contribution in [3.8, 4) is 5.88 Å². The van der Waals surface area contributed by atoms with E-state index in [4.69, 9.17) is 47.7 Å². The van der Waals surface area contributed by atoms with Crippen LogP contribution in [0.5, 0.6) is 5.88 Å². The Kier molecular flexibility index (Phi) is 29.9. The molecule has 0 aliphatic carbocycles. The minimum atomic E-state index is -3.95. The molecule has 2 aliphatic heterocycles. The number of aromatic nitrogens is 4. The number of esters is 2. The van der Waals surface area contributed by atoms with E-state index in [0.717, 1.165) is 69.8 Å². The first-order valence-corrected chi connectivity index (χ1v) is 24.6. The summed E-state index contributed by atoms with van der Waals surface area (Å²) in [4.78, 5) is 55.7. The molecule has 0 saturated heterocycles. The molecule has 0 bridgehead atoms. The topological polar surface area (TPSA) is 334 Å². The van der Waals surface area contributed by atoms with Gasteiger partial charge in [-0.25, -0.2) is 91.3 Å². The van der Waals surface area contributed by atoms with E-state index >= 15 is 0 Å². The van der Waals surface area contributed by atoms with Crippen molar-refractivity contribution in [3.63, 3.8) is 0 Å². The number of aliphatic hydroxyl groups is 1. The van der Waals surface area contributed by atoms with Gasteiger partial charge in [-0.15, -0.1) is 0 Å². The number of guanidine groups is 2. The summed E-state index contributed by atoms with van der Waals surface area (Å²) in [5.74, 6) is -10.4. The molecule has 0 fully saturated rings. The number of halogens is 7. The fraction of sp³-hybridized carbons (Fsp3) is 0.326. The van der Waals surface area contributed by atoms with Gasteiger partial charge >= 0.3 is 150 Å². The third kappa shape index (κ3) is 20.6. The van der Waals surface area contributed by atoms with Gasteiger partial charge in [-0.1, -0.05) is 11.6 Å². The van der Waals surface area contributed by atoms with Gasteiger partial charge in [-0.3, -0.25) is 4.79 Å². The zero-order chi connectivity index (χ0) is 56.6. The van der Waals surface area contributed by atoms with Crippen molar-refractivity contribution in [1.82, 2.24) is 28.5 Å². The Balaban J connectivity index is 0.00000125. The summed E-state index contributed by atoms with van der Waals surface area (Å²) in [5, 5.41) is 16.5. The van der Waals surface area contributed by atoms with Crippen LogP contribution in [-0.2, 0) is 59.9 Å². The zero-order valence-electron chi connectivity index (χ0n) is 43.1. The quantitative estimate of drug-likeness (QED) is 0.0389. The van der Waals surface area contributed by atoms with Gasteiger partial charge in [0, 0.05) is 25.2 Å². The van der Waals surface area contributed by atoms with E-state index in [9.17, 15) is 52.8 Å². The molecule has 2 aliphatic rings. The van der Waals surface area contributed by atoms with Crippen LogP contribution >= 0.6 is 11.6 Å². The van der Waals surface area contributed by atoms with Crippen molar-refractivity contribution in [2.45, 2.75) is 38.8 Å². The van der Waals surface area contributed by atoms with Gasteiger partial charge in [0.15, 0.2) is 41.5 Å². The summed E-state index contributed by atoms with van der Waals surface area (Å²) in [7, 11) is -5.47. The third-order valence-electron chi connectivity index (χ3n) is 9.83. The molecular formula is C43H47ClCs2F6N10O13S2. The molecule has 5 N–H and O–H groups in total. The van der Waals surface area contributed by atoms with Crippen molar-refractivity contribution in [1.29, 1.82) is 0 Å². The molecule has 77 heavy (non-hydrogen) atoms. The average molecular weight is 1390 g/mol. The van der Waals surface area contributed by atoms with Crippen LogP contribution in [0.2, 0.25) is 5.15 Å². The minimum Gasteiger partial charge on any atom is -1.00 e. The van der Waals surface area contributed by atoms with Gasteiger partial charge in [-0.05, 0) is 75.2 Å². The molecule has 0 radical (unpaired) electrons. The third-order valence-corrected chi connectivity index (χ3v) is 13.9. The smallest absolute Gasteiger partial charge is 1.00 e. The molecule has 0 saturated carbocycles. The average Bonchev–Trinajstić information content (AvgIpc) is 3.34. The van der Waals surface area contributed by atoms with Crippen molar-refractivity contribution in [2.24, 2.45) is 21.5 Å². The maximum Gasteiger partial charge on any atom is 1.00 e. The standard InChI is InChI=1S/C21H22F3N5O5S.C17H15ClF3N5O2S.C4H8O3.CH2O3.2Cs.H/c1-4-33-18(30)10-34-17-9-26-16(8-27-17)14(22)6-12-5-13(19(24)15(23)7-12)21(2)11-35(31,32)29(3)20(25)28-21;1-17(8-29(27,28)26(2)16(22)25-17)10-3-9(5-12(20)15(10)21)4-11(19)13-6-24-14(18)7-23-13;1-2-7-4(6)3-5;2-1-4-3;;;/h5-9H,4,10-11H2,1-3H3,(H2,25,28);3-7H,8H2,1-2H3,(H2,22,25);5H,2-3H2,1H3;1,3H;;;/q;;;;2*+1;-1/p-1/b14-6-;11-4-;;;;;/t21-;17-;;;;;/m00...../s1. The second-order valence-corrected chi connectivity index (χ2v) is 19.7. The van der Waals surface area contributed by atoms with Gasteiger partial charge < -0.3 is 42.4 Å². The minimum absolute atomic E-state index is 0. The second kappa shape index (κ2) is 32.2. The number of sulfonamides is 2. The van der Waals surface area contributed by atoms with E-state index in [1.54, 1.807) is 13.8 Å². The van der Waals surface area contributed by atoms with E-state index in [0.29, 0.717) is 6.61 Å². The van der Waals surface area contributed by atoms with Crippen molar-refractivity contribution in [2.75, 3.05) is 52.0 Å². The molecule has 34 heteroatoms. The molecule has 410 valence electrons. The first-order chi connectivity index (χ1) is 35.0. The molecule has 0 amide bonds. The number of aliphatic hydroxyl groups excluding tert-OH is 1. The summed E-state index contributed by atoms with van der Waals surface area (Å²) in [5.41, 5.74) is 6.46. The van der Waals surface area contributed by atoms with E-state index in [1.165, 1.54) is 27.9 Å². The van der Waals surface area contributed by atoms with Gasteiger partial charge in [0.2, 0.25) is 37.8 Å². The van der Waals surface area contributed by atoms with Gasteiger partial charge in [0.25, 0.3) is 6.47 Å². The summed E-state index contributed by atoms with van der Waals surface area (Å²) < 4.78 is 152. The van der Waals surface area contributed by atoms with E-state index in [1.807, 2.05) is 0 Å². The van der Waals surface area contributed by atoms with Crippen LogP contribution in [0.4, 0.5) is 26.3 Å². The van der Waals surface area contributed by atoms with Crippen LogP contribution in [0.25, 0.3) is 23.8 Å². The molecular weight excluding hydrogens is 1340 g/mol. The number of nitrogens with zero attached hydrogens (tertiary/aromatic N) is 8. The SMILES string of the molecule is CCOC(=O)CO.CCOC(=O)COc1cnc(/C(F)=C/c2cc(F)c(F)c([C@]3(C)CS(=O)(=O)N(C)C(N)=N3)c2)cn1.CN1C(N)=N[C@](C)(c2cc(/C=C(\F)c3cnc(Cl)cn3)cc(F)c2F)CS1(=O)=O.O=CO[O-].[Cs+].[Cs+].[H-]. The van der Waals surface area contributed by atoms with Crippen LogP contribution in [0, 0.1) is 23.3 Å². The Morgan fingerprint density at radius 2 is 1.16 bits per heavy atom. The van der Waals surface area contributed by atoms with E-state index < -0.39 is 114 Å². The fourth-order valence-electron chi connectivity index (χ4n) is 6.28. The van der Waals surface area contributed by atoms with Crippen LogP contribution < -0.4 is 159 Å². The molecule has 0 unspecified atom stereocenters. The number of aliphatic imine (C=N–C) groups is 2. The predicted molar refractivity (Wildman–Crippen MR) is 255 cm³/mol. The normalized spacial score (nSPS) is 18.2. The molecule has 0 spiro atoms. The van der Waals surface area contributed by atoms with Gasteiger partial charge in [0.1, 0.15) is 34.2 Å². The van der Waals surface area contributed by atoms with Crippen molar-refractivity contribution >= 4 is 85.8 Å². The molecule has 2 aromatic heterocycles. The van der Waals surface area contributed by atoms with Crippen LogP contribution in [0.1, 0.15) is 62.8 Å². The van der Waals surface area contributed by atoms with Crippen molar-refractivity contribution < 1.29 is 226 Å². The number of benzene rings is 2. The van der Waals surface area contributed by atoms with Crippen molar-refractivity contribution in [3.05, 3.63) is 111 Å². The number of nitrogens with two attached hydrogens (primary N) is 2. The summed E-state index contributed by atoms with van der Waals surface area (Å²) >= 11 is 5.60. The second-order valence-electron chi connectivity index (χ2n) is 15.4. The number of carbonyl (C=O) groups excluding carboxylic acids is 3. The van der Waals surface area contributed by atoms with E-state index in [-0.39, 0.29) is 197 Å². The Labute approximate surface area is 561 Å². The summed E-state index contributed by atoms with van der Waals surface area (Å²) in [6.07, 6.45) is 6.07. The number of rotatable bonds is 13. The van der Waals surface area contributed by atoms with Crippen LogP contribution in [-0.4, -0.2) is 133 Å². The molecule has 2 aromatic carbocycles. The Hall–Kier alpha value is -3.38. The number of hydrogen-bond acceptors (Lipinski definition) is 21. The first kappa shape index (κ1) is 71.6. The molecule has 4 heterocycles. The summed E-state index contributed by atoms with van der Waals surface area (Å²) in [6.45, 7) is 5.32. The molecule has 23 nitrogen and oxygen atoms in total. The van der Waals surface area contributed by atoms with Gasteiger partial charge in [0.05, 0.1) is 49.5 Å². The van der Waals surface area contributed by atoms with Gasteiger partial charge in [-0.2, -0.15) is 0 Å². The van der Waals surface area contributed by atoms with Crippen LogP contribution in [0.3, 0.4) is 0 Å². The Morgan fingerprint density at radius 1 is 0.753 bits per heavy atom. The maximum absolute atomic E-state index is 14.8. The van der Waals surface area contributed by atoms with Crippen LogP contribution in [0.15, 0.2) is 59.0 Å². The predicted octanol–water partition coefficient (Wildman–Crippen LogP) is -3.25. The maximum atomic E-state index is 14.8. The largest absolute Gasteiger partial charge is 1.00 e.